The third-order valence-electron chi connectivity index (χ3n) is 5.15. The molecule has 3 nitrogen and oxygen atoms in total. The molecule has 0 saturated carbocycles. The number of halogens is 1. The molecule has 0 spiro atoms. The second-order valence-electron chi connectivity index (χ2n) is 7.11. The first-order chi connectivity index (χ1) is 12.0. The number of aryl methyl sites for hydroxylation is 1. The monoisotopic (exact) mass is 341 g/mol. The van der Waals surface area contributed by atoms with Crippen LogP contribution in [0.5, 0.6) is 0 Å². The van der Waals surface area contributed by atoms with E-state index in [2.05, 4.69) is 0 Å². The van der Waals surface area contributed by atoms with E-state index in [1.54, 1.807) is 12.1 Å². The summed E-state index contributed by atoms with van der Waals surface area (Å²) >= 11 is 0. The van der Waals surface area contributed by atoms with Crippen molar-refractivity contribution in [1.29, 1.82) is 0 Å². The third-order valence-corrected chi connectivity index (χ3v) is 5.15. The predicted octanol–water partition coefficient (Wildman–Crippen LogP) is 3.59. The Kier molecular flexibility index (Phi) is 5.19. The molecule has 0 aromatic heterocycles. The van der Waals surface area contributed by atoms with Gasteiger partial charge in [0.05, 0.1) is 6.61 Å². The molecule has 4 heteroatoms. The lowest BCUT2D eigenvalue weighted by Crippen LogP contribution is -2.49. The number of aliphatic hydroxyl groups is 1. The maximum absolute atomic E-state index is 13.1. The van der Waals surface area contributed by atoms with Crippen LogP contribution in [0, 0.1) is 18.2 Å². The Morgan fingerprint density at radius 1 is 1.20 bits per heavy atom. The number of benzene rings is 2. The minimum absolute atomic E-state index is 0.0158. The van der Waals surface area contributed by atoms with Crippen LogP contribution in [0.25, 0.3) is 0 Å². The molecule has 1 heterocycles. The van der Waals surface area contributed by atoms with Crippen molar-refractivity contribution in [3.05, 3.63) is 71.0 Å². The molecule has 3 rings (SSSR count). The van der Waals surface area contributed by atoms with E-state index in [1.165, 1.54) is 12.1 Å². The van der Waals surface area contributed by atoms with Crippen molar-refractivity contribution >= 4 is 5.91 Å². The summed E-state index contributed by atoms with van der Waals surface area (Å²) in [7, 11) is 0. The number of likely N-dealkylation sites (tertiary alicyclic amines) is 1. The zero-order chi connectivity index (χ0) is 17.9. The fraction of sp³-hybridized carbons (Fsp3) is 0.381. The average Bonchev–Trinajstić information content (AvgIpc) is 2.64. The van der Waals surface area contributed by atoms with Crippen LogP contribution in [0.1, 0.15) is 34.3 Å². The third kappa shape index (κ3) is 3.90. The number of piperidine rings is 1. The Labute approximate surface area is 148 Å². The number of hydrogen-bond donors (Lipinski definition) is 1. The van der Waals surface area contributed by atoms with Gasteiger partial charge in [0.15, 0.2) is 0 Å². The van der Waals surface area contributed by atoms with E-state index in [9.17, 15) is 14.3 Å². The number of aliphatic hydroxyl groups excluding tert-OH is 1. The van der Waals surface area contributed by atoms with Crippen LogP contribution in [0.2, 0.25) is 0 Å². The van der Waals surface area contributed by atoms with Crippen LogP contribution in [-0.4, -0.2) is 35.6 Å². The molecule has 1 aliphatic rings. The van der Waals surface area contributed by atoms with E-state index in [1.807, 2.05) is 36.1 Å². The Bertz CT molecular complexity index is 744. The fourth-order valence-electron chi connectivity index (χ4n) is 3.73. The molecular weight excluding hydrogens is 317 g/mol. The van der Waals surface area contributed by atoms with Gasteiger partial charge in [-0.15, -0.1) is 0 Å². The van der Waals surface area contributed by atoms with Crippen molar-refractivity contribution in [2.45, 2.75) is 26.2 Å². The highest BCUT2D eigenvalue weighted by molar-refractivity contribution is 5.95. The number of carbonyl (C=O) groups is 1. The van der Waals surface area contributed by atoms with Gasteiger partial charge in [0.25, 0.3) is 5.91 Å². The van der Waals surface area contributed by atoms with Gasteiger partial charge in [0.1, 0.15) is 5.82 Å². The second-order valence-corrected chi connectivity index (χ2v) is 7.11. The Hall–Kier alpha value is -2.20. The highest BCUT2D eigenvalue weighted by Gasteiger charge is 2.37. The summed E-state index contributed by atoms with van der Waals surface area (Å²) in [5.41, 5.74) is 2.30. The summed E-state index contributed by atoms with van der Waals surface area (Å²) < 4.78 is 13.1. The molecule has 1 N–H and O–H groups in total. The summed E-state index contributed by atoms with van der Waals surface area (Å²) in [5.74, 6) is -0.239. The normalized spacial score (nSPS) is 20.5. The van der Waals surface area contributed by atoms with E-state index >= 15 is 0 Å². The van der Waals surface area contributed by atoms with Gasteiger partial charge in [-0.3, -0.25) is 4.79 Å². The highest BCUT2D eigenvalue weighted by Crippen LogP contribution is 2.34. The minimum atomic E-state index is -0.367. The van der Waals surface area contributed by atoms with E-state index in [4.69, 9.17) is 0 Å². The summed E-state index contributed by atoms with van der Waals surface area (Å²) in [5, 5.41) is 10.1. The summed E-state index contributed by atoms with van der Waals surface area (Å²) in [4.78, 5) is 14.8. The van der Waals surface area contributed by atoms with Gasteiger partial charge in [-0.05, 0) is 55.5 Å². The van der Waals surface area contributed by atoms with E-state index in [0.29, 0.717) is 19.5 Å². The molecule has 0 aliphatic carbocycles. The van der Waals surface area contributed by atoms with Crippen molar-refractivity contribution < 1.29 is 14.3 Å². The summed E-state index contributed by atoms with van der Waals surface area (Å²) in [6, 6.07) is 14.0. The zero-order valence-electron chi connectivity index (χ0n) is 14.5. The van der Waals surface area contributed by atoms with Gasteiger partial charge < -0.3 is 10.0 Å². The van der Waals surface area contributed by atoms with Gasteiger partial charge in [0, 0.05) is 24.1 Å². The van der Waals surface area contributed by atoms with Crippen molar-refractivity contribution in [3.8, 4) is 0 Å². The first kappa shape index (κ1) is 17.6. The van der Waals surface area contributed by atoms with Crippen LogP contribution in [0.15, 0.2) is 48.5 Å². The molecule has 1 unspecified atom stereocenters. The lowest BCUT2D eigenvalue weighted by atomic mass is 9.75. The SMILES string of the molecule is Cc1ccccc1C(=O)N1CCCC(CO)(Cc2ccc(F)cc2)C1. The lowest BCUT2D eigenvalue weighted by Gasteiger charge is -2.42. The van der Waals surface area contributed by atoms with Gasteiger partial charge in [0.2, 0.25) is 0 Å². The molecule has 2 aromatic carbocycles. The standard InChI is InChI=1S/C21H24FNO2/c1-16-5-2-3-6-19(16)20(25)23-12-4-11-21(14-23,15-24)13-17-7-9-18(22)10-8-17/h2-3,5-10,24H,4,11-15H2,1H3. The van der Waals surface area contributed by atoms with E-state index < -0.39 is 0 Å². The number of hydrogen-bond acceptors (Lipinski definition) is 2. The topological polar surface area (TPSA) is 40.5 Å². The smallest absolute Gasteiger partial charge is 0.254 e. The van der Waals surface area contributed by atoms with Gasteiger partial charge in [-0.25, -0.2) is 4.39 Å². The average molecular weight is 341 g/mol. The second kappa shape index (κ2) is 7.36. The Morgan fingerprint density at radius 3 is 2.60 bits per heavy atom. The van der Waals surface area contributed by atoms with Crippen LogP contribution < -0.4 is 0 Å². The van der Waals surface area contributed by atoms with Crippen molar-refractivity contribution in [3.63, 3.8) is 0 Å². The quantitative estimate of drug-likeness (QED) is 0.923. The molecule has 1 aliphatic heterocycles. The first-order valence-electron chi connectivity index (χ1n) is 8.73. The van der Waals surface area contributed by atoms with Crippen LogP contribution in [-0.2, 0) is 6.42 Å². The highest BCUT2D eigenvalue weighted by atomic mass is 19.1. The first-order valence-corrected chi connectivity index (χ1v) is 8.73. The number of nitrogens with zero attached hydrogens (tertiary/aromatic N) is 1. The van der Waals surface area contributed by atoms with Crippen molar-refractivity contribution in [2.75, 3.05) is 19.7 Å². The molecule has 1 fully saturated rings. The maximum Gasteiger partial charge on any atom is 0.254 e. The van der Waals surface area contributed by atoms with E-state index in [0.717, 1.165) is 29.5 Å². The number of carbonyl (C=O) groups excluding carboxylic acids is 1. The van der Waals surface area contributed by atoms with Gasteiger partial charge in [-0.2, -0.15) is 0 Å². The number of rotatable bonds is 4. The fourth-order valence-corrected chi connectivity index (χ4v) is 3.73. The predicted molar refractivity (Wildman–Crippen MR) is 95.9 cm³/mol. The molecule has 0 radical (unpaired) electrons. The lowest BCUT2D eigenvalue weighted by molar-refractivity contribution is 0.0271. The molecule has 1 saturated heterocycles. The van der Waals surface area contributed by atoms with Gasteiger partial charge in [-0.1, -0.05) is 30.3 Å². The molecule has 0 bridgehead atoms. The molecule has 1 atom stereocenters. The summed E-state index contributed by atoms with van der Waals surface area (Å²) in [6.07, 6.45) is 2.36. The molecule has 132 valence electrons. The van der Waals surface area contributed by atoms with Crippen LogP contribution >= 0.6 is 0 Å². The van der Waals surface area contributed by atoms with Crippen molar-refractivity contribution in [2.24, 2.45) is 5.41 Å². The summed E-state index contributed by atoms with van der Waals surface area (Å²) in [6.45, 7) is 3.18. The molecule has 2 aromatic rings. The molecule has 1 amide bonds. The molecular formula is C21H24FNO2. The van der Waals surface area contributed by atoms with Gasteiger partial charge >= 0.3 is 0 Å². The Balaban J connectivity index is 1.79. The zero-order valence-corrected chi connectivity index (χ0v) is 14.5. The minimum Gasteiger partial charge on any atom is -0.396 e. The van der Waals surface area contributed by atoms with Crippen molar-refractivity contribution in [1.82, 2.24) is 4.90 Å². The maximum atomic E-state index is 13.1. The Morgan fingerprint density at radius 2 is 1.92 bits per heavy atom. The van der Waals surface area contributed by atoms with E-state index in [-0.39, 0.29) is 23.7 Å². The van der Waals surface area contributed by atoms with Crippen LogP contribution in [0.3, 0.4) is 0 Å². The number of amides is 1. The largest absolute Gasteiger partial charge is 0.396 e. The molecule has 25 heavy (non-hydrogen) atoms. The van der Waals surface area contributed by atoms with Crippen LogP contribution in [0.4, 0.5) is 4.39 Å².